The zero-order chi connectivity index (χ0) is 14.0. The van der Waals surface area contributed by atoms with Gasteiger partial charge in [-0.1, -0.05) is 6.07 Å². The van der Waals surface area contributed by atoms with Gasteiger partial charge < -0.3 is 5.32 Å². The molecule has 0 bridgehead atoms. The third-order valence-electron chi connectivity index (χ3n) is 3.24. The summed E-state index contributed by atoms with van der Waals surface area (Å²) >= 11 is 0. The summed E-state index contributed by atoms with van der Waals surface area (Å²) in [5, 5.41) is 2.67. The number of sulfone groups is 1. The van der Waals surface area contributed by atoms with Crippen LogP contribution in [0.1, 0.15) is 28.8 Å². The Balaban J connectivity index is 2.11. The number of benzene rings is 1. The van der Waals surface area contributed by atoms with E-state index < -0.39 is 21.6 Å². The molecule has 2 rings (SSSR count). The monoisotopic (exact) mass is 285 g/mol. The van der Waals surface area contributed by atoms with Gasteiger partial charge in [0.05, 0.1) is 11.5 Å². The van der Waals surface area contributed by atoms with Gasteiger partial charge in [-0.3, -0.25) is 4.79 Å². The van der Waals surface area contributed by atoms with Gasteiger partial charge in [0, 0.05) is 11.6 Å². The Labute approximate surface area is 111 Å². The van der Waals surface area contributed by atoms with E-state index in [1.54, 1.807) is 6.92 Å². The number of nitrogens with one attached hydrogen (secondary N) is 1. The van der Waals surface area contributed by atoms with E-state index in [4.69, 9.17) is 0 Å². The second-order valence-corrected chi connectivity index (χ2v) is 7.11. The third-order valence-corrected chi connectivity index (χ3v) is 5.06. The summed E-state index contributed by atoms with van der Waals surface area (Å²) in [5.74, 6) is -0.753. The second kappa shape index (κ2) is 5.28. The van der Waals surface area contributed by atoms with Gasteiger partial charge in [0.15, 0.2) is 9.84 Å². The summed E-state index contributed by atoms with van der Waals surface area (Å²) < 4.78 is 36.1. The molecule has 1 aliphatic rings. The van der Waals surface area contributed by atoms with Crippen LogP contribution in [0.3, 0.4) is 0 Å². The molecule has 0 unspecified atom stereocenters. The van der Waals surface area contributed by atoms with Crippen LogP contribution in [0.4, 0.5) is 4.39 Å². The number of carbonyl (C=O) groups excluding carboxylic acids is 1. The molecule has 0 radical (unpaired) electrons. The Morgan fingerprint density at radius 3 is 2.84 bits per heavy atom. The van der Waals surface area contributed by atoms with Crippen molar-refractivity contribution < 1.29 is 17.6 Å². The highest BCUT2D eigenvalue weighted by atomic mass is 32.2. The Hall–Kier alpha value is -1.43. The van der Waals surface area contributed by atoms with Crippen molar-refractivity contribution in [2.45, 2.75) is 25.8 Å². The summed E-state index contributed by atoms with van der Waals surface area (Å²) in [6.07, 6.45) is 1.19. The lowest BCUT2D eigenvalue weighted by atomic mass is 10.1. The molecule has 19 heavy (non-hydrogen) atoms. The first-order valence-electron chi connectivity index (χ1n) is 6.15. The molecule has 104 valence electrons. The molecule has 6 heteroatoms. The third kappa shape index (κ3) is 3.53. The Bertz CT molecular complexity index is 598. The van der Waals surface area contributed by atoms with Crippen LogP contribution in [0.2, 0.25) is 0 Å². The predicted molar refractivity (Wildman–Crippen MR) is 70.3 cm³/mol. The number of aryl methyl sites for hydroxylation is 1. The highest BCUT2D eigenvalue weighted by Gasteiger charge is 2.26. The van der Waals surface area contributed by atoms with Gasteiger partial charge in [0.1, 0.15) is 5.82 Å². The summed E-state index contributed by atoms with van der Waals surface area (Å²) in [6, 6.07) is 3.61. The van der Waals surface area contributed by atoms with Crippen LogP contribution in [0, 0.1) is 12.7 Å². The predicted octanol–water partition coefficient (Wildman–Crippen LogP) is 1.44. The lowest BCUT2D eigenvalue weighted by Crippen LogP contribution is -2.43. The lowest BCUT2D eigenvalue weighted by Gasteiger charge is -2.23. The van der Waals surface area contributed by atoms with Crippen molar-refractivity contribution >= 4 is 15.7 Å². The smallest absolute Gasteiger partial charge is 0.251 e. The van der Waals surface area contributed by atoms with Gasteiger partial charge >= 0.3 is 0 Å². The van der Waals surface area contributed by atoms with Gasteiger partial charge in [-0.25, -0.2) is 12.8 Å². The van der Waals surface area contributed by atoms with Gasteiger partial charge in [-0.15, -0.1) is 0 Å². The largest absolute Gasteiger partial charge is 0.348 e. The number of rotatable bonds is 2. The summed E-state index contributed by atoms with van der Waals surface area (Å²) in [5.41, 5.74) is 0.917. The first-order valence-corrected chi connectivity index (χ1v) is 7.97. The topological polar surface area (TPSA) is 63.2 Å². The molecule has 0 aromatic heterocycles. The molecular formula is C13H16FNO3S. The van der Waals surface area contributed by atoms with E-state index >= 15 is 0 Å². The molecule has 1 atom stereocenters. The first kappa shape index (κ1) is 14.0. The average molecular weight is 285 g/mol. The van der Waals surface area contributed by atoms with Gasteiger partial charge in [-0.05, 0) is 37.5 Å². The number of amides is 1. The number of hydrogen-bond acceptors (Lipinski definition) is 3. The molecule has 4 nitrogen and oxygen atoms in total. The lowest BCUT2D eigenvalue weighted by molar-refractivity contribution is 0.0937. The van der Waals surface area contributed by atoms with E-state index in [1.165, 1.54) is 18.2 Å². The van der Waals surface area contributed by atoms with Crippen molar-refractivity contribution in [1.82, 2.24) is 5.32 Å². The Kier molecular flexibility index (Phi) is 3.89. The van der Waals surface area contributed by atoms with Crippen LogP contribution in [0.5, 0.6) is 0 Å². The summed E-state index contributed by atoms with van der Waals surface area (Å²) in [6.45, 7) is 1.71. The molecule has 1 amide bonds. The van der Waals surface area contributed by atoms with Crippen LogP contribution < -0.4 is 5.32 Å². The van der Waals surface area contributed by atoms with E-state index in [0.717, 1.165) is 0 Å². The van der Waals surface area contributed by atoms with Crippen molar-refractivity contribution in [1.29, 1.82) is 0 Å². The average Bonchev–Trinajstić information content (AvgIpc) is 2.31. The molecule has 1 aromatic rings. The summed E-state index contributed by atoms with van der Waals surface area (Å²) in [4.78, 5) is 12.0. The molecule has 1 aliphatic heterocycles. The normalized spacial score (nSPS) is 21.9. The highest BCUT2D eigenvalue weighted by molar-refractivity contribution is 7.91. The van der Waals surface area contributed by atoms with Crippen molar-refractivity contribution in [3.8, 4) is 0 Å². The minimum atomic E-state index is -3.07. The minimum Gasteiger partial charge on any atom is -0.348 e. The maximum atomic E-state index is 13.1. The molecule has 0 spiro atoms. The number of hydrogen-bond donors (Lipinski definition) is 1. The zero-order valence-electron chi connectivity index (χ0n) is 10.6. The van der Waals surface area contributed by atoms with Gasteiger partial charge in [0.25, 0.3) is 5.91 Å². The van der Waals surface area contributed by atoms with Gasteiger partial charge in [0.2, 0.25) is 0 Å². The van der Waals surface area contributed by atoms with Crippen LogP contribution in [0.25, 0.3) is 0 Å². The van der Waals surface area contributed by atoms with Crippen LogP contribution in [-0.2, 0) is 9.84 Å². The molecule has 0 saturated carbocycles. The highest BCUT2D eigenvalue weighted by Crippen LogP contribution is 2.14. The summed E-state index contributed by atoms with van der Waals surface area (Å²) in [7, 11) is -3.07. The van der Waals surface area contributed by atoms with Gasteiger partial charge in [-0.2, -0.15) is 0 Å². The van der Waals surface area contributed by atoms with Crippen molar-refractivity contribution in [3.05, 3.63) is 35.1 Å². The van der Waals surface area contributed by atoms with E-state index in [1.807, 2.05) is 0 Å². The molecule has 1 N–H and O–H groups in total. The van der Waals surface area contributed by atoms with Crippen LogP contribution >= 0.6 is 0 Å². The van der Waals surface area contributed by atoms with E-state index in [-0.39, 0.29) is 23.1 Å². The molecule has 1 fully saturated rings. The van der Waals surface area contributed by atoms with Crippen LogP contribution in [-0.4, -0.2) is 31.9 Å². The molecule has 1 aromatic carbocycles. The SMILES string of the molecule is Cc1ccc(F)cc1C(=O)N[C@@H]1CCCS(=O)(=O)C1. The quantitative estimate of drug-likeness (QED) is 0.894. The fourth-order valence-corrected chi connectivity index (χ4v) is 3.87. The van der Waals surface area contributed by atoms with E-state index in [9.17, 15) is 17.6 Å². The zero-order valence-corrected chi connectivity index (χ0v) is 11.5. The first-order chi connectivity index (χ1) is 8.87. The maximum absolute atomic E-state index is 13.1. The molecular weight excluding hydrogens is 269 g/mol. The fraction of sp³-hybridized carbons (Fsp3) is 0.462. The standard InChI is InChI=1S/C13H16FNO3S/c1-9-4-5-10(14)7-12(9)13(16)15-11-3-2-6-19(17,18)8-11/h4-5,7,11H,2-3,6,8H2,1H3,(H,15,16)/t11-/m1/s1. The van der Waals surface area contributed by atoms with Crippen LogP contribution in [0.15, 0.2) is 18.2 Å². The molecule has 1 heterocycles. The number of halogens is 1. The van der Waals surface area contributed by atoms with E-state index in [2.05, 4.69) is 5.32 Å². The fourth-order valence-electron chi connectivity index (χ4n) is 2.24. The van der Waals surface area contributed by atoms with E-state index in [0.29, 0.717) is 18.4 Å². The van der Waals surface area contributed by atoms with Crippen molar-refractivity contribution in [2.24, 2.45) is 0 Å². The maximum Gasteiger partial charge on any atom is 0.251 e. The van der Waals surface area contributed by atoms with Crippen molar-refractivity contribution in [2.75, 3.05) is 11.5 Å². The molecule has 1 saturated heterocycles. The van der Waals surface area contributed by atoms with Crippen molar-refractivity contribution in [3.63, 3.8) is 0 Å². The minimum absolute atomic E-state index is 0.0346. The second-order valence-electron chi connectivity index (χ2n) is 4.89. The Morgan fingerprint density at radius 1 is 1.42 bits per heavy atom. The Morgan fingerprint density at radius 2 is 2.16 bits per heavy atom. The number of carbonyl (C=O) groups is 1. The molecule has 0 aliphatic carbocycles.